The van der Waals surface area contributed by atoms with Crippen LogP contribution >= 0.6 is 11.6 Å². The van der Waals surface area contributed by atoms with E-state index >= 15 is 0 Å². The van der Waals surface area contributed by atoms with Gasteiger partial charge in [-0.2, -0.15) is 0 Å². The molecule has 78 valence electrons. The molecule has 5 heteroatoms. The third-order valence-electron chi connectivity index (χ3n) is 1.78. The van der Waals surface area contributed by atoms with Crippen LogP contribution in [0.25, 0.3) is 0 Å². The van der Waals surface area contributed by atoms with Crippen molar-refractivity contribution >= 4 is 11.6 Å². The average molecular weight is 225 g/mol. The highest BCUT2D eigenvalue weighted by Gasteiger charge is 2.16. The molecule has 0 atom stereocenters. The van der Waals surface area contributed by atoms with Crippen molar-refractivity contribution in [3.05, 3.63) is 34.1 Å². The number of aryl methyl sites for hydroxylation is 1. The highest BCUT2D eigenvalue weighted by Crippen LogP contribution is 2.25. The minimum absolute atomic E-state index is 0.0250. The Hall–Kier alpha value is -0.740. The Labute approximate surface area is 84.1 Å². The first kappa shape index (κ1) is 11.3. The Bertz CT molecular complexity index is 341. The molecule has 0 aliphatic rings. The van der Waals surface area contributed by atoms with E-state index in [0.29, 0.717) is 0 Å². The van der Waals surface area contributed by atoms with Gasteiger partial charge in [0.25, 0.3) is 0 Å². The Morgan fingerprint density at radius 2 is 1.86 bits per heavy atom. The SMILES string of the molecule is OCCCc1cc(F)c(F)c(Cl)c1F. The van der Waals surface area contributed by atoms with Crippen LogP contribution < -0.4 is 0 Å². The maximum Gasteiger partial charge on any atom is 0.180 e. The normalized spacial score (nSPS) is 10.6. The van der Waals surface area contributed by atoms with E-state index in [0.717, 1.165) is 6.07 Å². The van der Waals surface area contributed by atoms with E-state index in [-0.39, 0.29) is 25.0 Å². The van der Waals surface area contributed by atoms with Crippen LogP contribution in [0.2, 0.25) is 5.02 Å². The van der Waals surface area contributed by atoms with Crippen molar-refractivity contribution in [2.24, 2.45) is 0 Å². The standard InChI is InChI=1S/C9H8ClF3O/c10-7-8(12)5(2-1-3-14)4-6(11)9(7)13/h4,14H,1-3H2. The fourth-order valence-electron chi connectivity index (χ4n) is 1.07. The van der Waals surface area contributed by atoms with Gasteiger partial charge in [0.15, 0.2) is 11.6 Å². The summed E-state index contributed by atoms with van der Waals surface area (Å²) in [6, 6.07) is 0.756. The quantitative estimate of drug-likeness (QED) is 0.618. The van der Waals surface area contributed by atoms with Crippen LogP contribution in [0.5, 0.6) is 0 Å². The summed E-state index contributed by atoms with van der Waals surface area (Å²) >= 11 is 5.21. The molecule has 1 aromatic carbocycles. The molecule has 0 amide bonds. The van der Waals surface area contributed by atoms with Gasteiger partial charge in [0.2, 0.25) is 0 Å². The summed E-state index contributed by atoms with van der Waals surface area (Å²) in [5.41, 5.74) is -0.0250. The minimum atomic E-state index is -1.38. The molecule has 0 aromatic heterocycles. The van der Waals surface area contributed by atoms with Gasteiger partial charge in [-0.15, -0.1) is 0 Å². The minimum Gasteiger partial charge on any atom is -0.396 e. The van der Waals surface area contributed by atoms with Crippen molar-refractivity contribution in [2.45, 2.75) is 12.8 Å². The molecule has 1 nitrogen and oxygen atoms in total. The summed E-state index contributed by atoms with van der Waals surface area (Å²) in [4.78, 5) is 0. The summed E-state index contributed by atoms with van der Waals surface area (Å²) < 4.78 is 38.6. The van der Waals surface area contributed by atoms with E-state index in [9.17, 15) is 13.2 Å². The number of hydrogen-bond donors (Lipinski definition) is 1. The van der Waals surface area contributed by atoms with E-state index in [4.69, 9.17) is 16.7 Å². The van der Waals surface area contributed by atoms with Gasteiger partial charge in [-0.1, -0.05) is 11.6 Å². The Kier molecular flexibility index (Phi) is 3.77. The maximum absolute atomic E-state index is 13.1. The van der Waals surface area contributed by atoms with Crippen molar-refractivity contribution < 1.29 is 18.3 Å². The van der Waals surface area contributed by atoms with Crippen LogP contribution in [-0.2, 0) is 6.42 Å². The molecule has 1 rings (SSSR count). The molecule has 0 bridgehead atoms. The number of hydrogen-bond acceptors (Lipinski definition) is 1. The Balaban J connectivity index is 3.06. The van der Waals surface area contributed by atoms with Crippen LogP contribution in [-0.4, -0.2) is 11.7 Å². The topological polar surface area (TPSA) is 20.2 Å². The zero-order valence-corrected chi connectivity index (χ0v) is 7.91. The summed E-state index contributed by atoms with van der Waals surface area (Å²) in [6.07, 6.45) is 0.400. The Morgan fingerprint density at radius 1 is 1.21 bits per heavy atom. The molecule has 0 unspecified atom stereocenters. The van der Waals surface area contributed by atoms with Crippen molar-refractivity contribution in [3.8, 4) is 0 Å². The average Bonchev–Trinajstić information content (AvgIpc) is 2.18. The zero-order valence-electron chi connectivity index (χ0n) is 7.16. The van der Waals surface area contributed by atoms with Gasteiger partial charge >= 0.3 is 0 Å². The molecular weight excluding hydrogens is 217 g/mol. The van der Waals surface area contributed by atoms with Crippen LogP contribution in [0, 0.1) is 17.5 Å². The van der Waals surface area contributed by atoms with Crippen molar-refractivity contribution in [2.75, 3.05) is 6.61 Å². The van der Waals surface area contributed by atoms with Gasteiger partial charge in [-0.3, -0.25) is 0 Å². The van der Waals surface area contributed by atoms with Gasteiger partial charge in [0.05, 0.1) is 0 Å². The lowest BCUT2D eigenvalue weighted by atomic mass is 10.1. The molecular formula is C9H8ClF3O. The predicted molar refractivity (Wildman–Crippen MR) is 46.7 cm³/mol. The van der Waals surface area contributed by atoms with E-state index in [1.54, 1.807) is 0 Å². The maximum atomic E-state index is 13.1. The van der Waals surface area contributed by atoms with Gasteiger partial charge < -0.3 is 5.11 Å². The first-order valence-electron chi connectivity index (χ1n) is 4.00. The largest absolute Gasteiger partial charge is 0.396 e. The van der Waals surface area contributed by atoms with E-state index < -0.39 is 22.5 Å². The van der Waals surface area contributed by atoms with Gasteiger partial charge in [0.1, 0.15) is 10.8 Å². The molecule has 0 saturated heterocycles. The number of halogens is 4. The second-order valence-electron chi connectivity index (χ2n) is 2.79. The second-order valence-corrected chi connectivity index (χ2v) is 3.16. The molecule has 0 aliphatic carbocycles. The fourth-order valence-corrected chi connectivity index (χ4v) is 1.28. The molecule has 0 spiro atoms. The van der Waals surface area contributed by atoms with E-state index in [2.05, 4.69) is 0 Å². The summed E-state index contributed by atoms with van der Waals surface area (Å²) in [5.74, 6) is -3.51. The van der Waals surface area contributed by atoms with Crippen LogP contribution in [0.15, 0.2) is 6.07 Å². The lowest BCUT2D eigenvalue weighted by molar-refractivity contribution is 0.288. The van der Waals surface area contributed by atoms with Crippen LogP contribution in [0.4, 0.5) is 13.2 Å². The van der Waals surface area contributed by atoms with Crippen molar-refractivity contribution in [3.63, 3.8) is 0 Å². The fraction of sp³-hybridized carbons (Fsp3) is 0.333. The lowest BCUT2D eigenvalue weighted by Gasteiger charge is -2.05. The molecule has 1 aromatic rings. The molecule has 14 heavy (non-hydrogen) atoms. The Morgan fingerprint density at radius 3 is 2.43 bits per heavy atom. The highest BCUT2D eigenvalue weighted by molar-refractivity contribution is 6.31. The van der Waals surface area contributed by atoms with Crippen molar-refractivity contribution in [1.82, 2.24) is 0 Å². The summed E-state index contributed by atoms with van der Waals surface area (Å²) in [7, 11) is 0. The molecule has 0 fully saturated rings. The van der Waals surface area contributed by atoms with Crippen LogP contribution in [0.1, 0.15) is 12.0 Å². The van der Waals surface area contributed by atoms with E-state index in [1.165, 1.54) is 0 Å². The lowest BCUT2D eigenvalue weighted by Crippen LogP contribution is -1.99. The third kappa shape index (κ3) is 2.19. The highest BCUT2D eigenvalue weighted by atomic mass is 35.5. The molecule has 0 aliphatic heterocycles. The molecule has 0 radical (unpaired) electrons. The number of aliphatic hydroxyl groups excluding tert-OH is 1. The number of aliphatic hydroxyl groups is 1. The molecule has 0 saturated carbocycles. The van der Waals surface area contributed by atoms with Crippen LogP contribution in [0.3, 0.4) is 0 Å². The van der Waals surface area contributed by atoms with E-state index in [1.807, 2.05) is 0 Å². The first-order valence-corrected chi connectivity index (χ1v) is 4.38. The summed E-state index contributed by atoms with van der Waals surface area (Å²) in [5, 5.41) is 7.65. The predicted octanol–water partition coefficient (Wildman–Crippen LogP) is 2.68. The number of rotatable bonds is 3. The first-order chi connectivity index (χ1) is 6.57. The summed E-state index contributed by atoms with van der Waals surface area (Å²) in [6.45, 7) is -0.143. The molecule has 1 N–H and O–H groups in total. The van der Waals surface area contributed by atoms with Crippen molar-refractivity contribution in [1.29, 1.82) is 0 Å². The monoisotopic (exact) mass is 224 g/mol. The molecule has 0 heterocycles. The zero-order chi connectivity index (χ0) is 10.7. The third-order valence-corrected chi connectivity index (χ3v) is 2.11. The smallest absolute Gasteiger partial charge is 0.180 e. The van der Waals surface area contributed by atoms with Gasteiger partial charge in [0, 0.05) is 6.61 Å². The number of benzene rings is 1. The second kappa shape index (κ2) is 4.66. The van der Waals surface area contributed by atoms with Gasteiger partial charge in [-0.25, -0.2) is 13.2 Å². The van der Waals surface area contributed by atoms with Gasteiger partial charge in [-0.05, 0) is 24.5 Å².